The third-order valence-electron chi connectivity index (χ3n) is 6.61. The van der Waals surface area contributed by atoms with E-state index in [0.29, 0.717) is 31.7 Å². The Kier molecular flexibility index (Phi) is 8.95. The Balaban J connectivity index is 0.00000306. The summed E-state index contributed by atoms with van der Waals surface area (Å²) in [5.74, 6) is 0.533. The van der Waals surface area contributed by atoms with Gasteiger partial charge in [-0.3, -0.25) is 14.5 Å². The average Bonchev–Trinajstić information content (AvgIpc) is 3.45. The summed E-state index contributed by atoms with van der Waals surface area (Å²) in [5.41, 5.74) is 0.413. The molecule has 6 nitrogen and oxygen atoms in total. The molecule has 2 saturated heterocycles. The molecule has 1 atom stereocenters. The fourth-order valence-corrected chi connectivity index (χ4v) is 7.37. The number of nitrogens with one attached hydrogen (secondary N) is 1. The number of unbranched alkanes of at least 4 members (excludes halogenated alkanes) is 1. The normalized spacial score (nSPS) is 20.8. The summed E-state index contributed by atoms with van der Waals surface area (Å²) < 4.78 is 1.16. The second-order valence-electron chi connectivity index (χ2n) is 9.44. The van der Waals surface area contributed by atoms with Gasteiger partial charge < -0.3 is 10.2 Å². The number of likely N-dealkylation sites (tertiary alicyclic amines) is 1. The molecule has 2 aliphatic rings. The number of halogens is 1. The Morgan fingerprint density at radius 1 is 1.24 bits per heavy atom. The minimum absolute atomic E-state index is 0. The number of piperazine rings is 1. The number of thiazole rings is 1. The Labute approximate surface area is 210 Å². The molecule has 0 aliphatic carbocycles. The Morgan fingerprint density at radius 3 is 2.58 bits per heavy atom. The fourth-order valence-electron chi connectivity index (χ4n) is 4.85. The van der Waals surface area contributed by atoms with Gasteiger partial charge in [-0.2, -0.15) is 4.98 Å². The summed E-state index contributed by atoms with van der Waals surface area (Å²) in [7, 11) is 0.0204. The van der Waals surface area contributed by atoms with E-state index < -0.39 is 5.54 Å². The lowest BCUT2D eigenvalue weighted by atomic mass is 9.80. The molecule has 2 amide bonds. The Bertz CT molecular complexity index is 923. The number of hydrogen-bond acceptors (Lipinski definition) is 5. The molecular weight excluding hydrogens is 476 g/mol. The van der Waals surface area contributed by atoms with Crippen molar-refractivity contribution in [3.63, 3.8) is 0 Å². The standard InChI is InChI=1S/C24H34N4O2S2.ClH/c1-4-5-10-28-21(29)20(15-18(2)3)26-22(30)24(28)8-11-27(12-9-24)16-19-17-31-23(25-19)32-13-6-7-14-32;/h6-7,13-14,17-18,20H,4-5,8-12,15-16H2,1-3H3;1H/p+1. The number of hydrogen-bond donors (Lipinski definition) is 1. The summed E-state index contributed by atoms with van der Waals surface area (Å²) >= 11 is 1.73. The van der Waals surface area contributed by atoms with E-state index in [2.05, 4.69) is 59.3 Å². The van der Waals surface area contributed by atoms with Crippen LogP contribution >= 0.6 is 34.2 Å². The molecule has 4 rings (SSSR count). The topological polar surface area (TPSA) is 65.5 Å². The van der Waals surface area contributed by atoms with Gasteiger partial charge >= 0.3 is 4.34 Å². The number of carbonyl (C=O) groups excluding carboxylic acids is 2. The lowest BCUT2D eigenvalue weighted by Gasteiger charge is -2.52. The van der Waals surface area contributed by atoms with Crippen molar-refractivity contribution in [1.29, 1.82) is 0 Å². The van der Waals surface area contributed by atoms with Crippen LogP contribution in [0.4, 0.5) is 0 Å². The molecule has 0 aromatic carbocycles. The monoisotopic (exact) mass is 511 g/mol. The molecule has 2 fully saturated rings. The van der Waals surface area contributed by atoms with E-state index in [4.69, 9.17) is 4.98 Å². The number of rotatable bonds is 8. The summed E-state index contributed by atoms with van der Waals surface area (Å²) in [5, 5.41) is 9.65. The maximum absolute atomic E-state index is 13.4. The molecule has 1 N–H and O–H groups in total. The molecule has 33 heavy (non-hydrogen) atoms. The summed E-state index contributed by atoms with van der Waals surface area (Å²) in [6, 6.07) is 3.79. The molecule has 2 aromatic rings. The zero-order valence-electron chi connectivity index (χ0n) is 19.8. The molecule has 9 heteroatoms. The molecule has 182 valence electrons. The maximum atomic E-state index is 13.4. The van der Waals surface area contributed by atoms with Gasteiger partial charge in [-0.15, -0.1) is 12.4 Å². The van der Waals surface area contributed by atoms with E-state index in [0.717, 1.165) is 42.5 Å². The van der Waals surface area contributed by atoms with Crippen molar-refractivity contribution < 1.29 is 9.59 Å². The number of piperidine rings is 1. The van der Waals surface area contributed by atoms with Crippen LogP contribution in [0.5, 0.6) is 0 Å². The van der Waals surface area contributed by atoms with Gasteiger partial charge in [0.05, 0.1) is 5.69 Å². The highest BCUT2D eigenvalue weighted by atomic mass is 35.5. The predicted molar refractivity (Wildman–Crippen MR) is 138 cm³/mol. The van der Waals surface area contributed by atoms with Crippen LogP contribution in [0, 0.1) is 5.92 Å². The van der Waals surface area contributed by atoms with Crippen LogP contribution in [0.25, 0.3) is 4.34 Å². The predicted octanol–water partition coefficient (Wildman–Crippen LogP) is 4.81. The van der Waals surface area contributed by atoms with Crippen LogP contribution in [-0.2, 0) is 16.1 Å². The van der Waals surface area contributed by atoms with E-state index in [1.807, 2.05) is 4.90 Å². The smallest absolute Gasteiger partial charge is 0.329 e. The molecule has 0 bridgehead atoms. The Morgan fingerprint density at radius 2 is 1.94 bits per heavy atom. The first-order valence-corrected chi connectivity index (χ1v) is 14.0. The van der Waals surface area contributed by atoms with Gasteiger partial charge in [-0.25, -0.2) is 0 Å². The third-order valence-corrected chi connectivity index (χ3v) is 9.56. The second-order valence-corrected chi connectivity index (χ2v) is 12.2. The van der Waals surface area contributed by atoms with Crippen molar-refractivity contribution in [2.75, 3.05) is 19.6 Å². The minimum Gasteiger partial charge on any atom is -0.342 e. The molecule has 1 spiro atoms. The molecular formula is C24H36ClN4O2S2+. The highest BCUT2D eigenvalue weighted by molar-refractivity contribution is 7.47. The zero-order valence-corrected chi connectivity index (χ0v) is 22.2. The van der Waals surface area contributed by atoms with Crippen molar-refractivity contribution >= 4 is 46.0 Å². The maximum Gasteiger partial charge on any atom is 0.329 e. The van der Waals surface area contributed by atoms with Gasteiger partial charge in [0.25, 0.3) is 0 Å². The zero-order chi connectivity index (χ0) is 22.7. The van der Waals surface area contributed by atoms with Crippen molar-refractivity contribution in [1.82, 2.24) is 20.1 Å². The number of aromatic nitrogens is 1. The van der Waals surface area contributed by atoms with Crippen LogP contribution in [0.2, 0.25) is 0 Å². The lowest BCUT2D eigenvalue weighted by Crippen LogP contribution is -2.73. The first kappa shape index (κ1) is 26.1. The second kappa shape index (κ2) is 11.3. The van der Waals surface area contributed by atoms with Gasteiger partial charge in [0.15, 0.2) is 0 Å². The van der Waals surface area contributed by atoms with E-state index in [9.17, 15) is 9.59 Å². The number of thiophene rings is 1. The van der Waals surface area contributed by atoms with Crippen molar-refractivity contribution in [3.05, 3.63) is 34.0 Å². The van der Waals surface area contributed by atoms with Crippen molar-refractivity contribution in [2.45, 2.75) is 71.0 Å². The van der Waals surface area contributed by atoms with Gasteiger partial charge in [-0.05, 0) is 43.7 Å². The number of amides is 2. The first-order valence-electron chi connectivity index (χ1n) is 11.8. The van der Waals surface area contributed by atoms with Gasteiger partial charge in [0.1, 0.15) is 22.3 Å². The van der Waals surface area contributed by atoms with Gasteiger partial charge in [0.2, 0.25) is 11.8 Å². The molecule has 2 aromatic heterocycles. The SMILES string of the molecule is CCCCN1C(=O)C(CC(C)C)NC(=O)C12CCN(Cc1csc(-[s+]3cccc3)n1)CC2.Cl. The quantitative estimate of drug-likeness (QED) is 0.516. The first-order chi connectivity index (χ1) is 15.4. The van der Waals surface area contributed by atoms with Crippen LogP contribution in [0.1, 0.15) is 58.6 Å². The molecule has 4 heterocycles. The van der Waals surface area contributed by atoms with Crippen LogP contribution < -0.4 is 5.32 Å². The van der Waals surface area contributed by atoms with E-state index in [-0.39, 0.29) is 40.7 Å². The number of nitrogens with zero attached hydrogens (tertiary/aromatic N) is 3. The van der Waals surface area contributed by atoms with Crippen molar-refractivity contribution in [2.24, 2.45) is 5.92 Å². The fraction of sp³-hybridized carbons (Fsp3) is 0.625. The minimum atomic E-state index is -0.690. The molecule has 1 unspecified atom stereocenters. The Hall–Kier alpha value is -1.48. The van der Waals surface area contributed by atoms with Crippen LogP contribution in [0.15, 0.2) is 28.3 Å². The summed E-state index contributed by atoms with van der Waals surface area (Å²) in [6.07, 6.45) is 4.03. The van der Waals surface area contributed by atoms with Gasteiger partial charge in [-0.1, -0.05) is 38.5 Å². The van der Waals surface area contributed by atoms with Gasteiger partial charge in [0, 0.05) is 42.0 Å². The van der Waals surface area contributed by atoms with Crippen LogP contribution in [0.3, 0.4) is 0 Å². The highest BCUT2D eigenvalue weighted by Crippen LogP contribution is 2.36. The van der Waals surface area contributed by atoms with Crippen LogP contribution in [-0.4, -0.2) is 57.8 Å². The average molecular weight is 512 g/mol. The lowest BCUT2D eigenvalue weighted by molar-refractivity contribution is -0.161. The highest BCUT2D eigenvalue weighted by Gasteiger charge is 2.53. The largest absolute Gasteiger partial charge is 0.342 e. The third kappa shape index (κ3) is 5.61. The molecule has 2 aliphatic heterocycles. The van der Waals surface area contributed by atoms with E-state index >= 15 is 0 Å². The molecule has 0 saturated carbocycles. The van der Waals surface area contributed by atoms with E-state index in [1.54, 1.807) is 11.3 Å². The van der Waals surface area contributed by atoms with Crippen molar-refractivity contribution in [3.8, 4) is 4.34 Å². The van der Waals surface area contributed by atoms with E-state index in [1.165, 1.54) is 0 Å². The summed E-state index contributed by atoms with van der Waals surface area (Å²) in [4.78, 5) is 35.9. The summed E-state index contributed by atoms with van der Waals surface area (Å²) in [6.45, 7) is 9.42. The number of carbonyl (C=O) groups is 2. The molecule has 0 radical (unpaired) electrons.